The Bertz CT molecular complexity index is 552. The van der Waals surface area contributed by atoms with Crippen LogP contribution in [0.5, 0.6) is 0 Å². The molecule has 0 saturated heterocycles. The zero-order chi connectivity index (χ0) is 13.1. The van der Waals surface area contributed by atoms with E-state index >= 15 is 0 Å². The maximum absolute atomic E-state index is 10.5. The van der Waals surface area contributed by atoms with Gasteiger partial charge < -0.3 is 9.52 Å². The molecule has 0 aliphatic heterocycles. The van der Waals surface area contributed by atoms with E-state index in [9.17, 15) is 4.79 Å². The topological polar surface area (TPSA) is 76.2 Å². The van der Waals surface area contributed by atoms with E-state index in [4.69, 9.17) is 21.1 Å². The molecule has 0 aliphatic rings. The summed E-state index contributed by atoms with van der Waals surface area (Å²) >= 11 is 7.18. The number of halogens is 1. The van der Waals surface area contributed by atoms with Crippen LogP contribution in [0, 0.1) is 5.92 Å². The van der Waals surface area contributed by atoms with Gasteiger partial charge >= 0.3 is 5.97 Å². The summed E-state index contributed by atoms with van der Waals surface area (Å²) in [7, 11) is 0. The molecule has 2 aromatic rings. The van der Waals surface area contributed by atoms with Crippen LogP contribution in [0.2, 0.25) is 4.34 Å². The SMILES string of the molecule is CC(CC(=O)O)Cc1nnc(-c2ccc(Cl)s2)o1. The van der Waals surface area contributed by atoms with Crippen LogP contribution in [-0.2, 0) is 11.2 Å². The van der Waals surface area contributed by atoms with Crippen LogP contribution in [0.1, 0.15) is 19.2 Å². The first-order valence-electron chi connectivity index (χ1n) is 5.34. The van der Waals surface area contributed by atoms with E-state index < -0.39 is 5.97 Å². The molecule has 2 heterocycles. The fraction of sp³-hybridized carbons (Fsp3) is 0.364. The quantitative estimate of drug-likeness (QED) is 0.914. The average Bonchev–Trinajstić information content (AvgIpc) is 2.85. The molecule has 1 atom stereocenters. The Morgan fingerprint density at radius 3 is 2.94 bits per heavy atom. The van der Waals surface area contributed by atoms with E-state index in [2.05, 4.69) is 10.2 Å². The summed E-state index contributed by atoms with van der Waals surface area (Å²) in [6.07, 6.45) is 0.543. The second-order valence-corrected chi connectivity index (χ2v) is 5.73. The van der Waals surface area contributed by atoms with E-state index in [1.807, 2.05) is 13.0 Å². The minimum absolute atomic E-state index is 0.0391. The van der Waals surface area contributed by atoms with Crippen molar-refractivity contribution < 1.29 is 14.3 Å². The van der Waals surface area contributed by atoms with Gasteiger partial charge in [0.1, 0.15) is 0 Å². The molecule has 0 aromatic carbocycles. The second kappa shape index (κ2) is 5.49. The lowest BCUT2D eigenvalue weighted by Gasteiger charge is -2.03. The van der Waals surface area contributed by atoms with Crippen LogP contribution in [0.15, 0.2) is 16.5 Å². The number of carboxylic acid groups (broad SMARTS) is 1. The average molecular weight is 287 g/mol. The van der Waals surface area contributed by atoms with Gasteiger partial charge in [0.15, 0.2) is 0 Å². The van der Waals surface area contributed by atoms with Gasteiger partial charge in [-0.3, -0.25) is 4.79 Å². The molecular weight excluding hydrogens is 276 g/mol. The first-order valence-corrected chi connectivity index (χ1v) is 6.54. The van der Waals surface area contributed by atoms with Crippen LogP contribution in [-0.4, -0.2) is 21.3 Å². The summed E-state index contributed by atoms with van der Waals surface area (Å²) in [6, 6.07) is 3.57. The number of aromatic nitrogens is 2. The van der Waals surface area contributed by atoms with E-state index in [0.29, 0.717) is 22.5 Å². The number of thiophene rings is 1. The smallest absolute Gasteiger partial charge is 0.303 e. The van der Waals surface area contributed by atoms with Crippen molar-refractivity contribution >= 4 is 28.9 Å². The number of carbonyl (C=O) groups is 1. The molecule has 5 nitrogen and oxygen atoms in total. The van der Waals surface area contributed by atoms with Crippen molar-refractivity contribution in [3.63, 3.8) is 0 Å². The summed E-state index contributed by atoms with van der Waals surface area (Å²) in [6.45, 7) is 1.83. The van der Waals surface area contributed by atoms with E-state index in [-0.39, 0.29) is 12.3 Å². The molecule has 96 valence electrons. The third-order valence-electron chi connectivity index (χ3n) is 2.30. The first kappa shape index (κ1) is 13.0. The molecule has 0 aliphatic carbocycles. The van der Waals surface area contributed by atoms with Gasteiger partial charge in [-0.2, -0.15) is 0 Å². The van der Waals surface area contributed by atoms with Crippen LogP contribution in [0.25, 0.3) is 10.8 Å². The molecule has 0 radical (unpaired) electrons. The Hall–Kier alpha value is -1.40. The molecule has 1 unspecified atom stereocenters. The Kier molecular flexibility index (Phi) is 3.98. The Labute approximate surface area is 112 Å². The number of aliphatic carboxylic acids is 1. The first-order chi connectivity index (χ1) is 8.54. The number of rotatable bonds is 5. The number of hydrogen-bond acceptors (Lipinski definition) is 5. The molecule has 7 heteroatoms. The van der Waals surface area contributed by atoms with Gasteiger partial charge in [0.25, 0.3) is 5.89 Å². The molecular formula is C11H11ClN2O3S. The predicted molar refractivity (Wildman–Crippen MR) is 67.7 cm³/mol. The fourth-order valence-corrected chi connectivity index (χ4v) is 2.50. The minimum Gasteiger partial charge on any atom is -0.481 e. The lowest BCUT2D eigenvalue weighted by atomic mass is 10.0. The molecule has 18 heavy (non-hydrogen) atoms. The Morgan fingerprint density at radius 2 is 2.33 bits per heavy atom. The molecule has 0 amide bonds. The lowest BCUT2D eigenvalue weighted by Crippen LogP contribution is -2.07. The van der Waals surface area contributed by atoms with Crippen LogP contribution >= 0.6 is 22.9 Å². The van der Waals surface area contributed by atoms with Gasteiger partial charge in [-0.15, -0.1) is 21.5 Å². The van der Waals surface area contributed by atoms with Crippen LogP contribution < -0.4 is 0 Å². The molecule has 0 bridgehead atoms. The molecule has 0 saturated carbocycles. The van der Waals surface area contributed by atoms with Crippen molar-refractivity contribution in [1.82, 2.24) is 10.2 Å². The fourth-order valence-electron chi connectivity index (χ4n) is 1.53. The zero-order valence-electron chi connectivity index (χ0n) is 9.59. The third-order valence-corrected chi connectivity index (χ3v) is 3.52. The molecule has 1 N–H and O–H groups in total. The summed E-state index contributed by atoms with van der Waals surface area (Å²) in [4.78, 5) is 11.4. The van der Waals surface area contributed by atoms with Crippen molar-refractivity contribution in [2.24, 2.45) is 5.92 Å². The summed E-state index contributed by atoms with van der Waals surface area (Å²) in [5.74, 6) is 0.00250. The number of nitrogens with zero attached hydrogens (tertiary/aromatic N) is 2. The van der Waals surface area contributed by atoms with Gasteiger partial charge in [0.2, 0.25) is 5.89 Å². The zero-order valence-corrected chi connectivity index (χ0v) is 11.2. The largest absolute Gasteiger partial charge is 0.481 e. The highest BCUT2D eigenvalue weighted by atomic mass is 35.5. The lowest BCUT2D eigenvalue weighted by molar-refractivity contribution is -0.137. The maximum Gasteiger partial charge on any atom is 0.303 e. The molecule has 2 rings (SSSR count). The summed E-state index contributed by atoms with van der Waals surface area (Å²) < 4.78 is 6.13. The summed E-state index contributed by atoms with van der Waals surface area (Å²) in [5.41, 5.74) is 0. The number of carboxylic acids is 1. The van der Waals surface area contributed by atoms with Gasteiger partial charge in [-0.05, 0) is 18.1 Å². The predicted octanol–water partition coefficient (Wildman–Crippen LogP) is 3.10. The van der Waals surface area contributed by atoms with Crippen LogP contribution in [0.3, 0.4) is 0 Å². The maximum atomic E-state index is 10.5. The minimum atomic E-state index is -0.827. The second-order valence-electron chi connectivity index (χ2n) is 4.01. The highest BCUT2D eigenvalue weighted by Crippen LogP contribution is 2.30. The third kappa shape index (κ3) is 3.30. The molecule has 2 aromatic heterocycles. The van der Waals surface area contributed by atoms with Crippen LogP contribution in [0.4, 0.5) is 0 Å². The Morgan fingerprint density at radius 1 is 1.56 bits per heavy atom. The van der Waals surface area contributed by atoms with Crippen molar-refractivity contribution in [3.8, 4) is 10.8 Å². The highest BCUT2D eigenvalue weighted by molar-refractivity contribution is 7.19. The molecule has 0 spiro atoms. The van der Waals surface area contributed by atoms with Gasteiger partial charge in [0.05, 0.1) is 9.21 Å². The standard InChI is InChI=1S/C11H11ClN2O3S/c1-6(5-10(15)16)4-9-13-14-11(17-9)7-2-3-8(12)18-7/h2-3,6H,4-5H2,1H3,(H,15,16). The van der Waals surface area contributed by atoms with E-state index in [1.54, 1.807) is 6.07 Å². The van der Waals surface area contributed by atoms with Crippen molar-refractivity contribution in [2.75, 3.05) is 0 Å². The van der Waals surface area contributed by atoms with Gasteiger partial charge in [-0.25, -0.2) is 0 Å². The Balaban J connectivity index is 2.04. The normalized spacial score (nSPS) is 12.6. The van der Waals surface area contributed by atoms with E-state index in [1.165, 1.54) is 11.3 Å². The number of hydrogen-bond donors (Lipinski definition) is 1. The summed E-state index contributed by atoms with van der Waals surface area (Å²) in [5, 5.41) is 16.5. The molecule has 0 fully saturated rings. The van der Waals surface area contributed by atoms with Crippen molar-refractivity contribution in [2.45, 2.75) is 19.8 Å². The van der Waals surface area contributed by atoms with Gasteiger partial charge in [-0.1, -0.05) is 18.5 Å². The monoisotopic (exact) mass is 286 g/mol. The van der Waals surface area contributed by atoms with Gasteiger partial charge in [0, 0.05) is 12.8 Å². The van der Waals surface area contributed by atoms with Crippen molar-refractivity contribution in [3.05, 3.63) is 22.4 Å². The highest BCUT2D eigenvalue weighted by Gasteiger charge is 2.15. The van der Waals surface area contributed by atoms with E-state index in [0.717, 1.165) is 4.88 Å². The van der Waals surface area contributed by atoms with Crippen molar-refractivity contribution in [1.29, 1.82) is 0 Å².